The average Bonchev–Trinajstić information content (AvgIpc) is 2.45. The number of benzene rings is 1. The van der Waals surface area contributed by atoms with Gasteiger partial charge in [0, 0.05) is 18.1 Å². The van der Waals surface area contributed by atoms with E-state index in [9.17, 15) is 8.42 Å². The van der Waals surface area contributed by atoms with Gasteiger partial charge in [-0.25, -0.2) is 13.1 Å². The number of sulfonamides is 1. The molecular weight excluding hydrogens is 274 g/mol. The number of nitrogens with two attached hydrogens (primary N) is 1. The van der Waals surface area contributed by atoms with Gasteiger partial charge in [-0.1, -0.05) is 13.0 Å². The fourth-order valence-corrected chi connectivity index (χ4v) is 3.30. The first-order chi connectivity index (χ1) is 9.45. The first kappa shape index (κ1) is 14.9. The molecule has 0 spiro atoms. The quantitative estimate of drug-likeness (QED) is 0.873. The Balaban J connectivity index is 2.45. The third-order valence-corrected chi connectivity index (χ3v) is 4.73. The highest BCUT2D eigenvalue weighted by Gasteiger charge is 2.18. The van der Waals surface area contributed by atoms with Crippen molar-refractivity contribution in [2.24, 2.45) is 11.7 Å². The average molecular weight is 293 g/mol. The van der Waals surface area contributed by atoms with Gasteiger partial charge in [-0.05, 0) is 43.1 Å². The Labute approximate surface area is 119 Å². The van der Waals surface area contributed by atoms with Crippen LogP contribution in [0.4, 0.5) is 0 Å². The highest BCUT2D eigenvalue weighted by Crippen LogP contribution is 2.24. The minimum atomic E-state index is -3.55. The van der Waals surface area contributed by atoms with Crippen LogP contribution in [0.1, 0.15) is 12.5 Å². The summed E-state index contributed by atoms with van der Waals surface area (Å²) in [6.45, 7) is 4.58. The number of aromatic nitrogens is 1. The predicted molar refractivity (Wildman–Crippen MR) is 79.9 cm³/mol. The van der Waals surface area contributed by atoms with Crippen molar-refractivity contribution in [3.05, 3.63) is 36.0 Å². The van der Waals surface area contributed by atoms with Gasteiger partial charge < -0.3 is 5.73 Å². The molecule has 2 rings (SSSR count). The summed E-state index contributed by atoms with van der Waals surface area (Å²) in [6, 6.07) is 6.91. The molecule has 20 heavy (non-hydrogen) atoms. The normalized spacial score (nSPS) is 13.6. The number of hydrogen-bond acceptors (Lipinski definition) is 4. The third kappa shape index (κ3) is 2.98. The van der Waals surface area contributed by atoms with E-state index in [1.807, 2.05) is 13.8 Å². The maximum absolute atomic E-state index is 12.4. The van der Waals surface area contributed by atoms with Gasteiger partial charge in [0.15, 0.2) is 0 Å². The van der Waals surface area contributed by atoms with Crippen molar-refractivity contribution in [1.29, 1.82) is 0 Å². The van der Waals surface area contributed by atoms with Crippen LogP contribution in [-0.2, 0) is 10.0 Å². The number of pyridine rings is 1. The first-order valence-corrected chi connectivity index (χ1v) is 7.98. The Morgan fingerprint density at radius 3 is 2.80 bits per heavy atom. The molecule has 0 aliphatic heterocycles. The fourth-order valence-electron chi connectivity index (χ4n) is 1.94. The monoisotopic (exact) mass is 293 g/mol. The van der Waals surface area contributed by atoms with E-state index in [1.54, 1.807) is 30.5 Å². The second-order valence-electron chi connectivity index (χ2n) is 4.97. The molecule has 6 heteroatoms. The molecule has 0 aliphatic carbocycles. The van der Waals surface area contributed by atoms with E-state index in [-0.39, 0.29) is 10.8 Å². The molecule has 1 aromatic carbocycles. The largest absolute Gasteiger partial charge is 0.330 e. The molecule has 0 fully saturated rings. The van der Waals surface area contributed by atoms with Crippen molar-refractivity contribution in [2.45, 2.75) is 18.7 Å². The van der Waals surface area contributed by atoms with Crippen molar-refractivity contribution in [1.82, 2.24) is 9.71 Å². The zero-order chi connectivity index (χ0) is 14.8. The minimum Gasteiger partial charge on any atom is -0.330 e. The highest BCUT2D eigenvalue weighted by atomic mass is 32.2. The molecule has 5 nitrogen and oxygen atoms in total. The predicted octanol–water partition coefficient (Wildman–Crippen LogP) is 1.42. The standard InChI is InChI=1S/C14H19N3O2S/c1-10(8-15)9-17-20(18,19)13-6-5-11(2)14-12(13)4-3-7-16-14/h3-7,10,17H,8-9,15H2,1-2H3. The number of fused-ring (bicyclic) bond motifs is 1. The van der Waals surface area contributed by atoms with Crippen LogP contribution < -0.4 is 10.5 Å². The Morgan fingerprint density at radius 2 is 2.10 bits per heavy atom. The van der Waals surface area contributed by atoms with Crippen LogP contribution in [0.2, 0.25) is 0 Å². The lowest BCUT2D eigenvalue weighted by Crippen LogP contribution is -2.31. The number of nitrogens with zero attached hydrogens (tertiary/aromatic N) is 1. The summed E-state index contributed by atoms with van der Waals surface area (Å²) < 4.78 is 27.4. The SMILES string of the molecule is Cc1ccc(S(=O)(=O)NCC(C)CN)c2cccnc12. The van der Waals surface area contributed by atoms with E-state index in [1.165, 1.54) is 0 Å². The van der Waals surface area contributed by atoms with E-state index in [0.29, 0.717) is 24.0 Å². The molecular formula is C14H19N3O2S. The summed E-state index contributed by atoms with van der Waals surface area (Å²) in [6.07, 6.45) is 1.66. The van der Waals surface area contributed by atoms with E-state index in [4.69, 9.17) is 5.73 Å². The van der Waals surface area contributed by atoms with Gasteiger partial charge in [0.25, 0.3) is 0 Å². The van der Waals surface area contributed by atoms with Crippen LogP contribution >= 0.6 is 0 Å². The number of hydrogen-bond donors (Lipinski definition) is 2. The molecule has 0 amide bonds. The number of nitrogens with one attached hydrogen (secondary N) is 1. The van der Waals surface area contributed by atoms with Gasteiger partial charge in [0.2, 0.25) is 10.0 Å². The Bertz CT molecular complexity index is 713. The molecule has 1 heterocycles. The summed E-state index contributed by atoms with van der Waals surface area (Å²) in [4.78, 5) is 4.51. The second-order valence-corrected chi connectivity index (χ2v) is 6.71. The maximum Gasteiger partial charge on any atom is 0.241 e. The smallest absolute Gasteiger partial charge is 0.241 e. The Kier molecular flexibility index (Phi) is 4.37. The molecule has 0 saturated heterocycles. The summed E-state index contributed by atoms with van der Waals surface area (Å²) >= 11 is 0. The van der Waals surface area contributed by atoms with Gasteiger partial charge in [-0.2, -0.15) is 0 Å². The zero-order valence-corrected chi connectivity index (χ0v) is 12.4. The maximum atomic E-state index is 12.4. The lowest BCUT2D eigenvalue weighted by molar-refractivity contribution is 0.545. The topological polar surface area (TPSA) is 85.1 Å². The third-order valence-electron chi connectivity index (χ3n) is 3.25. The minimum absolute atomic E-state index is 0.0969. The molecule has 0 aliphatic rings. The molecule has 1 aromatic heterocycles. The van der Waals surface area contributed by atoms with Crippen molar-refractivity contribution < 1.29 is 8.42 Å². The Hall–Kier alpha value is -1.50. The van der Waals surface area contributed by atoms with Gasteiger partial charge in [-0.3, -0.25) is 4.98 Å². The molecule has 108 valence electrons. The van der Waals surface area contributed by atoms with Gasteiger partial charge >= 0.3 is 0 Å². The zero-order valence-electron chi connectivity index (χ0n) is 11.6. The van der Waals surface area contributed by atoms with Crippen molar-refractivity contribution in [3.8, 4) is 0 Å². The second kappa shape index (κ2) is 5.87. The van der Waals surface area contributed by atoms with Crippen molar-refractivity contribution in [2.75, 3.05) is 13.1 Å². The number of rotatable bonds is 5. The van der Waals surface area contributed by atoms with Gasteiger partial charge in [0.1, 0.15) is 0 Å². The van der Waals surface area contributed by atoms with E-state index in [2.05, 4.69) is 9.71 Å². The van der Waals surface area contributed by atoms with Crippen LogP contribution in [-0.4, -0.2) is 26.5 Å². The molecule has 3 N–H and O–H groups in total. The van der Waals surface area contributed by atoms with E-state index < -0.39 is 10.0 Å². The fraction of sp³-hybridized carbons (Fsp3) is 0.357. The van der Waals surface area contributed by atoms with Gasteiger partial charge in [-0.15, -0.1) is 0 Å². The summed E-state index contributed by atoms with van der Waals surface area (Å²) in [7, 11) is -3.55. The molecule has 0 radical (unpaired) electrons. The lowest BCUT2D eigenvalue weighted by Gasteiger charge is -2.13. The molecule has 1 atom stereocenters. The van der Waals surface area contributed by atoms with Crippen LogP contribution in [0, 0.1) is 12.8 Å². The summed E-state index contributed by atoms with van der Waals surface area (Å²) in [5.74, 6) is 0.0969. The first-order valence-electron chi connectivity index (χ1n) is 6.50. The summed E-state index contributed by atoms with van der Waals surface area (Å²) in [5, 5.41) is 0.639. The number of aryl methyl sites for hydroxylation is 1. The molecule has 1 unspecified atom stereocenters. The summed E-state index contributed by atoms with van der Waals surface area (Å²) in [5.41, 5.74) is 7.17. The van der Waals surface area contributed by atoms with Crippen LogP contribution in [0.5, 0.6) is 0 Å². The Morgan fingerprint density at radius 1 is 1.35 bits per heavy atom. The molecule has 0 bridgehead atoms. The van der Waals surface area contributed by atoms with Crippen LogP contribution in [0.15, 0.2) is 35.4 Å². The molecule has 0 saturated carbocycles. The lowest BCUT2D eigenvalue weighted by atomic mass is 10.1. The van der Waals surface area contributed by atoms with Crippen molar-refractivity contribution >= 4 is 20.9 Å². The van der Waals surface area contributed by atoms with E-state index >= 15 is 0 Å². The van der Waals surface area contributed by atoms with E-state index in [0.717, 1.165) is 5.56 Å². The van der Waals surface area contributed by atoms with Crippen LogP contribution in [0.3, 0.4) is 0 Å². The highest BCUT2D eigenvalue weighted by molar-refractivity contribution is 7.89. The molecule has 2 aromatic rings. The van der Waals surface area contributed by atoms with Gasteiger partial charge in [0.05, 0.1) is 10.4 Å². The van der Waals surface area contributed by atoms with Crippen LogP contribution in [0.25, 0.3) is 10.9 Å². The van der Waals surface area contributed by atoms with Crippen molar-refractivity contribution in [3.63, 3.8) is 0 Å².